The third-order valence-corrected chi connectivity index (χ3v) is 2.37. The summed E-state index contributed by atoms with van der Waals surface area (Å²) in [7, 11) is 0. The summed E-state index contributed by atoms with van der Waals surface area (Å²) in [5.74, 6) is 0. The third-order valence-electron chi connectivity index (χ3n) is 1.92. The minimum atomic E-state index is 1.23. The van der Waals surface area contributed by atoms with Gasteiger partial charge in [-0.3, -0.25) is 0 Å². The molecule has 0 aliphatic carbocycles. The molecule has 0 aliphatic heterocycles. The Labute approximate surface area is 79.9 Å². The Bertz CT molecular complexity index is 53.9. The van der Waals surface area contributed by atoms with Crippen LogP contribution in [0.2, 0.25) is 0 Å². The van der Waals surface area contributed by atoms with E-state index in [4.69, 9.17) is 0 Å². The Morgan fingerprint density at radius 1 is 0.909 bits per heavy atom. The topological polar surface area (TPSA) is 0 Å². The Morgan fingerprint density at radius 2 is 1.45 bits per heavy atom. The third kappa shape index (κ3) is 10.5. The van der Waals surface area contributed by atoms with Crippen LogP contribution in [-0.4, -0.2) is 0 Å². The van der Waals surface area contributed by atoms with Gasteiger partial charge in [0.1, 0.15) is 0 Å². The van der Waals surface area contributed by atoms with Crippen LogP contribution in [0.5, 0.6) is 0 Å². The van der Waals surface area contributed by atoms with Crippen LogP contribution in [0.4, 0.5) is 0 Å². The van der Waals surface area contributed by atoms with Gasteiger partial charge in [0.2, 0.25) is 0 Å². The molecule has 0 aromatic heterocycles. The van der Waals surface area contributed by atoms with Crippen molar-refractivity contribution >= 4 is 15.9 Å². The van der Waals surface area contributed by atoms with E-state index in [9.17, 15) is 0 Å². The molecular weight excluding hydrogens is 200 g/mol. The molecule has 0 bridgehead atoms. The summed E-state index contributed by atoms with van der Waals surface area (Å²) in [5, 5.41) is 2.08. The maximum atomic E-state index is 3.32. The molecule has 0 aromatic rings. The predicted octanol–water partition coefficient (Wildman–Crippen LogP) is 4.68. The molecule has 1 heteroatoms. The highest BCUT2D eigenvalue weighted by atomic mass is 79.9. The number of halogens is 1. The van der Waals surface area contributed by atoms with Gasteiger partial charge in [-0.2, -0.15) is 0 Å². The Kier molecular flexibility index (Phi) is 10.9. The average molecular weight is 220 g/mol. The molecule has 11 heavy (non-hydrogen) atoms. The summed E-state index contributed by atoms with van der Waals surface area (Å²) in [5.41, 5.74) is 0. The predicted molar refractivity (Wildman–Crippen MR) is 55.8 cm³/mol. The van der Waals surface area contributed by atoms with Crippen molar-refractivity contribution in [3.05, 3.63) is 5.33 Å². The van der Waals surface area contributed by atoms with E-state index in [0.29, 0.717) is 0 Å². The summed E-state index contributed by atoms with van der Waals surface area (Å²) in [6, 6.07) is 0. The number of rotatable bonds is 8. The number of hydrogen-bond acceptors (Lipinski definition) is 0. The average Bonchev–Trinajstić information content (AvgIpc) is 2.03. The van der Waals surface area contributed by atoms with Crippen LogP contribution in [0.1, 0.15) is 58.3 Å². The van der Waals surface area contributed by atoms with Crippen molar-refractivity contribution in [2.75, 3.05) is 0 Å². The molecular formula is C10H20Br. The monoisotopic (exact) mass is 219 g/mol. The van der Waals surface area contributed by atoms with Crippen molar-refractivity contribution in [1.29, 1.82) is 0 Å². The Balaban J connectivity index is 2.69. The molecule has 0 aliphatic rings. The normalized spacial score (nSPS) is 10.4. The van der Waals surface area contributed by atoms with Gasteiger partial charge in [-0.1, -0.05) is 67.8 Å². The van der Waals surface area contributed by atoms with Crippen molar-refractivity contribution in [3.8, 4) is 0 Å². The minimum Gasteiger partial charge on any atom is -0.0879 e. The highest BCUT2D eigenvalue weighted by Crippen LogP contribution is 2.10. The standard InChI is InChI=1S/C10H20Br/c1-2-3-4-5-6-7-8-9-10-11/h10H,2-9H2,1H3. The van der Waals surface area contributed by atoms with E-state index >= 15 is 0 Å². The molecule has 0 rings (SSSR count). The fourth-order valence-electron chi connectivity index (χ4n) is 1.18. The molecule has 0 nitrogen and oxygen atoms in total. The van der Waals surface area contributed by atoms with Crippen molar-refractivity contribution in [2.24, 2.45) is 0 Å². The zero-order valence-electron chi connectivity index (χ0n) is 7.61. The Hall–Kier alpha value is 0.480. The van der Waals surface area contributed by atoms with Crippen LogP contribution in [0, 0.1) is 5.33 Å². The van der Waals surface area contributed by atoms with Crippen LogP contribution < -0.4 is 0 Å². The van der Waals surface area contributed by atoms with E-state index in [0.717, 1.165) is 0 Å². The quantitative estimate of drug-likeness (QED) is 0.521. The number of unbranched alkanes of at least 4 members (excludes halogenated alkanes) is 7. The van der Waals surface area contributed by atoms with Gasteiger partial charge in [-0.15, -0.1) is 0 Å². The lowest BCUT2D eigenvalue weighted by atomic mass is 10.1. The molecule has 0 spiro atoms. The van der Waals surface area contributed by atoms with Crippen LogP contribution >= 0.6 is 15.9 Å². The molecule has 0 heterocycles. The SMILES string of the molecule is CCCCCCCCC[CH]Br. The summed E-state index contributed by atoms with van der Waals surface area (Å²) in [6.45, 7) is 2.26. The van der Waals surface area contributed by atoms with Gasteiger partial charge < -0.3 is 0 Å². The molecule has 0 saturated heterocycles. The van der Waals surface area contributed by atoms with Gasteiger partial charge in [0.15, 0.2) is 0 Å². The lowest BCUT2D eigenvalue weighted by Gasteiger charge is -1.98. The summed E-state index contributed by atoms with van der Waals surface area (Å²) in [4.78, 5) is 0. The minimum absolute atomic E-state index is 1.23. The van der Waals surface area contributed by atoms with Gasteiger partial charge in [0.25, 0.3) is 0 Å². The van der Waals surface area contributed by atoms with Crippen LogP contribution in [0.3, 0.4) is 0 Å². The van der Waals surface area contributed by atoms with E-state index < -0.39 is 0 Å². The first-order valence-electron chi connectivity index (χ1n) is 4.83. The molecule has 0 amide bonds. The van der Waals surface area contributed by atoms with Gasteiger partial charge in [0.05, 0.1) is 0 Å². The van der Waals surface area contributed by atoms with E-state index in [1.807, 2.05) is 0 Å². The molecule has 0 N–H and O–H groups in total. The highest BCUT2D eigenvalue weighted by Gasteiger charge is 1.89. The van der Waals surface area contributed by atoms with E-state index in [1.54, 1.807) is 0 Å². The zero-order chi connectivity index (χ0) is 8.36. The largest absolute Gasteiger partial charge is 0.0879 e. The van der Waals surface area contributed by atoms with E-state index in [2.05, 4.69) is 28.2 Å². The lowest BCUT2D eigenvalue weighted by molar-refractivity contribution is 0.591. The molecule has 0 fully saturated rings. The first-order valence-corrected chi connectivity index (χ1v) is 5.75. The van der Waals surface area contributed by atoms with Gasteiger partial charge in [-0.25, -0.2) is 0 Å². The van der Waals surface area contributed by atoms with E-state index in [1.165, 1.54) is 51.4 Å². The van der Waals surface area contributed by atoms with Crippen molar-refractivity contribution in [3.63, 3.8) is 0 Å². The van der Waals surface area contributed by atoms with Crippen LogP contribution in [0.25, 0.3) is 0 Å². The van der Waals surface area contributed by atoms with Gasteiger partial charge in [-0.05, 0) is 6.42 Å². The second-order valence-electron chi connectivity index (χ2n) is 3.06. The fraction of sp³-hybridized carbons (Fsp3) is 0.900. The van der Waals surface area contributed by atoms with Gasteiger partial charge in [0, 0.05) is 5.33 Å². The molecule has 0 unspecified atom stereocenters. The van der Waals surface area contributed by atoms with Crippen molar-refractivity contribution < 1.29 is 0 Å². The maximum absolute atomic E-state index is 3.32. The summed E-state index contributed by atoms with van der Waals surface area (Å²) >= 11 is 3.32. The molecule has 0 atom stereocenters. The van der Waals surface area contributed by atoms with E-state index in [-0.39, 0.29) is 0 Å². The maximum Gasteiger partial charge on any atom is 0.0271 e. The van der Waals surface area contributed by atoms with Crippen molar-refractivity contribution in [2.45, 2.75) is 58.3 Å². The fourth-order valence-corrected chi connectivity index (χ4v) is 1.50. The molecule has 1 radical (unpaired) electrons. The first-order chi connectivity index (χ1) is 5.41. The summed E-state index contributed by atoms with van der Waals surface area (Å²) < 4.78 is 0. The van der Waals surface area contributed by atoms with Gasteiger partial charge >= 0.3 is 0 Å². The smallest absolute Gasteiger partial charge is 0.0271 e. The summed E-state index contributed by atoms with van der Waals surface area (Å²) in [6.07, 6.45) is 11.1. The molecule has 0 aromatic carbocycles. The zero-order valence-corrected chi connectivity index (χ0v) is 9.20. The molecule has 67 valence electrons. The number of hydrogen-bond donors (Lipinski definition) is 0. The Morgan fingerprint density at radius 3 is 2.00 bits per heavy atom. The highest BCUT2D eigenvalue weighted by molar-refractivity contribution is 9.10. The second-order valence-corrected chi connectivity index (χ2v) is 3.71. The van der Waals surface area contributed by atoms with Crippen molar-refractivity contribution in [1.82, 2.24) is 0 Å². The second kappa shape index (κ2) is 10.5. The lowest BCUT2D eigenvalue weighted by Crippen LogP contribution is -1.78. The molecule has 0 saturated carbocycles. The van der Waals surface area contributed by atoms with Crippen LogP contribution in [0.15, 0.2) is 0 Å². The van der Waals surface area contributed by atoms with Crippen LogP contribution in [-0.2, 0) is 0 Å². The first kappa shape index (κ1) is 11.5.